The Morgan fingerprint density at radius 1 is 1.02 bits per heavy atom. The molecule has 0 radical (unpaired) electrons. The fourth-order valence-electron chi connectivity index (χ4n) is 6.05. The summed E-state index contributed by atoms with van der Waals surface area (Å²) in [6, 6.07) is 14.4. The van der Waals surface area contributed by atoms with Crippen molar-refractivity contribution in [2.45, 2.75) is 95.4 Å². The average molecular weight is 610 g/mol. The van der Waals surface area contributed by atoms with Crippen LogP contribution in [0.15, 0.2) is 53.5 Å². The number of hydrogen-bond donors (Lipinski definition) is 2. The van der Waals surface area contributed by atoms with E-state index in [0.717, 1.165) is 30.4 Å². The lowest BCUT2D eigenvalue weighted by Gasteiger charge is -2.41. The van der Waals surface area contributed by atoms with E-state index < -0.39 is 24.2 Å². The molecule has 234 valence electrons. The van der Waals surface area contributed by atoms with Gasteiger partial charge in [-0.05, 0) is 60.8 Å². The topological polar surface area (TPSA) is 116 Å². The number of hydrogen-bond acceptors (Lipinski definition) is 6. The maximum Gasteiger partial charge on any atom is 0.389 e. The van der Waals surface area contributed by atoms with Crippen molar-refractivity contribution in [3.63, 3.8) is 0 Å². The molecule has 2 aromatic carbocycles. The molecular formula is C32H38F3N7O2. The number of carbonyl (C=O) groups excluding carboxylic acids is 2. The first-order valence-electron chi connectivity index (χ1n) is 15.0. The fourth-order valence-corrected chi connectivity index (χ4v) is 6.05. The van der Waals surface area contributed by atoms with Gasteiger partial charge in [-0.25, -0.2) is 0 Å². The number of tetrazole rings is 1. The Kier molecular flexibility index (Phi) is 8.90. The fraction of sp³-hybridized carbons (Fsp3) is 0.500. The highest BCUT2D eigenvalue weighted by atomic mass is 19.4. The van der Waals surface area contributed by atoms with Crippen LogP contribution < -0.4 is 5.32 Å². The quantitative estimate of drug-likeness (QED) is 0.316. The molecule has 1 aliphatic heterocycles. The van der Waals surface area contributed by atoms with Gasteiger partial charge in [0.05, 0.1) is 6.54 Å². The van der Waals surface area contributed by atoms with Crippen molar-refractivity contribution in [2.24, 2.45) is 4.99 Å². The van der Waals surface area contributed by atoms with E-state index in [-0.39, 0.29) is 36.7 Å². The van der Waals surface area contributed by atoms with Gasteiger partial charge in [0.25, 0.3) is 11.8 Å². The first-order valence-corrected chi connectivity index (χ1v) is 15.0. The molecule has 2 aliphatic rings. The molecule has 1 aromatic heterocycles. The van der Waals surface area contributed by atoms with Gasteiger partial charge in [-0.1, -0.05) is 68.8 Å². The number of carbonyl (C=O) groups is 2. The van der Waals surface area contributed by atoms with Crippen LogP contribution in [-0.4, -0.2) is 61.4 Å². The van der Waals surface area contributed by atoms with Crippen molar-refractivity contribution < 1.29 is 22.8 Å². The zero-order valence-electron chi connectivity index (χ0n) is 25.2. The molecule has 9 nitrogen and oxygen atoms in total. The Morgan fingerprint density at radius 3 is 2.30 bits per heavy atom. The van der Waals surface area contributed by atoms with Crippen molar-refractivity contribution in [3.05, 3.63) is 76.6 Å². The van der Waals surface area contributed by atoms with E-state index in [2.05, 4.69) is 46.7 Å². The maximum atomic E-state index is 14.0. The van der Waals surface area contributed by atoms with Crippen molar-refractivity contribution in [1.29, 1.82) is 0 Å². The van der Waals surface area contributed by atoms with Crippen molar-refractivity contribution in [2.75, 3.05) is 6.54 Å². The van der Waals surface area contributed by atoms with Gasteiger partial charge in [-0.2, -0.15) is 18.4 Å². The minimum Gasteiger partial charge on any atom is -0.345 e. The summed E-state index contributed by atoms with van der Waals surface area (Å²) in [4.78, 5) is 33.4. The molecule has 5 rings (SSSR count). The second-order valence-electron chi connectivity index (χ2n) is 12.7. The van der Waals surface area contributed by atoms with Gasteiger partial charge in [0, 0.05) is 30.0 Å². The van der Waals surface area contributed by atoms with Gasteiger partial charge >= 0.3 is 6.18 Å². The van der Waals surface area contributed by atoms with Crippen LogP contribution in [0.2, 0.25) is 0 Å². The summed E-state index contributed by atoms with van der Waals surface area (Å²) in [6.07, 6.45) is -1.36. The van der Waals surface area contributed by atoms with Crippen molar-refractivity contribution >= 4 is 17.5 Å². The monoisotopic (exact) mass is 609 g/mol. The van der Waals surface area contributed by atoms with Crippen LogP contribution in [0.5, 0.6) is 0 Å². The molecule has 1 saturated carbocycles. The summed E-state index contributed by atoms with van der Waals surface area (Å²) in [5, 5.41) is 16.0. The zero-order valence-corrected chi connectivity index (χ0v) is 25.2. The number of nitrogens with zero attached hydrogens (tertiary/aromatic N) is 5. The number of benzene rings is 2. The summed E-state index contributed by atoms with van der Waals surface area (Å²) in [5.74, 6) is -0.904. The minimum absolute atomic E-state index is 0.0488. The van der Waals surface area contributed by atoms with E-state index in [0.29, 0.717) is 35.5 Å². The van der Waals surface area contributed by atoms with E-state index in [1.54, 1.807) is 29.2 Å². The number of rotatable bonds is 9. The van der Waals surface area contributed by atoms with E-state index >= 15 is 0 Å². The maximum absolute atomic E-state index is 14.0. The third-order valence-corrected chi connectivity index (χ3v) is 8.57. The van der Waals surface area contributed by atoms with Crippen LogP contribution in [0.3, 0.4) is 0 Å². The summed E-state index contributed by atoms with van der Waals surface area (Å²) >= 11 is 0. The predicted octanol–water partition coefficient (Wildman–Crippen LogP) is 5.85. The largest absolute Gasteiger partial charge is 0.389 e. The highest BCUT2D eigenvalue weighted by molar-refractivity contribution is 6.46. The first-order chi connectivity index (χ1) is 20.8. The molecule has 3 aromatic rings. The molecule has 0 bridgehead atoms. The number of amides is 2. The Balaban J connectivity index is 1.39. The number of aromatic nitrogens is 4. The Morgan fingerprint density at radius 2 is 1.70 bits per heavy atom. The van der Waals surface area contributed by atoms with Crippen LogP contribution >= 0.6 is 0 Å². The first kappa shape index (κ1) is 31.3. The normalized spacial score (nSPS) is 17.5. The van der Waals surface area contributed by atoms with E-state index in [4.69, 9.17) is 4.99 Å². The molecule has 2 N–H and O–H groups in total. The molecule has 2 amide bonds. The molecule has 1 fully saturated rings. The molecular weight excluding hydrogens is 571 g/mol. The number of aliphatic imine (C=N–C) groups is 1. The highest BCUT2D eigenvalue weighted by Crippen LogP contribution is 2.42. The molecule has 12 heteroatoms. The lowest BCUT2D eigenvalue weighted by atomic mass is 9.86. The summed E-state index contributed by atoms with van der Waals surface area (Å²) in [6.45, 7) is 6.54. The molecule has 1 unspecified atom stereocenters. The molecule has 2 heterocycles. The Bertz CT molecular complexity index is 1470. The summed E-state index contributed by atoms with van der Waals surface area (Å²) in [7, 11) is 0. The highest BCUT2D eigenvalue weighted by Gasteiger charge is 2.48. The Labute approximate surface area is 254 Å². The van der Waals surface area contributed by atoms with Crippen LogP contribution in [0.4, 0.5) is 13.2 Å². The molecule has 0 saturated heterocycles. The predicted molar refractivity (Wildman–Crippen MR) is 159 cm³/mol. The second kappa shape index (κ2) is 12.5. The average Bonchev–Trinajstić information content (AvgIpc) is 3.60. The van der Waals surface area contributed by atoms with Crippen LogP contribution in [0, 0.1) is 0 Å². The molecule has 1 aliphatic carbocycles. The number of nitrogens with one attached hydrogen (secondary N) is 2. The van der Waals surface area contributed by atoms with Crippen LogP contribution in [0.1, 0.15) is 105 Å². The minimum atomic E-state index is -4.35. The Hall–Kier alpha value is -4.09. The standard InChI is InChI=1S/C32H38F3N7O2/c1-30(2,3)25-13-11-22(12-14-25)27-29(44)42(31(37-27)16-5-4-6-17-31)20-24(15-18-32(33,34)35)21-7-9-23(10-8-21)28(43)36-19-26-38-40-41-39-26/h7-14,24H,4-6,15-20H2,1-3H3,(H,36,43)(H,38,39,40,41). The number of alkyl halides is 3. The summed E-state index contributed by atoms with van der Waals surface area (Å²) < 4.78 is 40.4. The second-order valence-corrected chi connectivity index (χ2v) is 12.7. The van der Waals surface area contributed by atoms with Crippen LogP contribution in [0.25, 0.3) is 0 Å². The summed E-state index contributed by atoms with van der Waals surface area (Å²) in [5.41, 5.74) is 2.39. The molecule has 1 spiro atoms. The van der Waals surface area contributed by atoms with Gasteiger partial charge in [0.2, 0.25) is 0 Å². The SMILES string of the molecule is CC(C)(C)c1ccc(C2=NC3(CCCCC3)N(CC(CCC(F)(F)F)c3ccc(C(=O)NCc4nn[nH]n4)cc3)C2=O)cc1. The van der Waals surface area contributed by atoms with Crippen LogP contribution in [-0.2, 0) is 16.8 Å². The number of H-pyrrole nitrogens is 1. The van der Waals surface area contributed by atoms with E-state index in [1.807, 2.05) is 24.3 Å². The van der Waals surface area contributed by atoms with Gasteiger partial charge in [-0.3, -0.25) is 14.6 Å². The van der Waals surface area contributed by atoms with Gasteiger partial charge in [-0.15, -0.1) is 10.2 Å². The van der Waals surface area contributed by atoms with Gasteiger partial charge in [0.1, 0.15) is 11.4 Å². The zero-order chi connectivity index (χ0) is 31.5. The van der Waals surface area contributed by atoms with E-state index in [9.17, 15) is 22.8 Å². The third kappa shape index (κ3) is 7.16. The smallest absolute Gasteiger partial charge is 0.345 e. The lowest BCUT2D eigenvalue weighted by Crippen LogP contribution is -2.49. The molecule has 44 heavy (non-hydrogen) atoms. The molecule has 1 atom stereocenters. The number of aromatic amines is 1. The van der Waals surface area contributed by atoms with Gasteiger partial charge in [0.15, 0.2) is 5.82 Å². The third-order valence-electron chi connectivity index (χ3n) is 8.57. The van der Waals surface area contributed by atoms with E-state index in [1.165, 1.54) is 0 Å². The van der Waals surface area contributed by atoms with Gasteiger partial charge < -0.3 is 10.2 Å². The van der Waals surface area contributed by atoms with Crippen molar-refractivity contribution in [1.82, 2.24) is 30.8 Å². The lowest BCUT2D eigenvalue weighted by molar-refractivity contribution is -0.137. The van der Waals surface area contributed by atoms with Crippen molar-refractivity contribution in [3.8, 4) is 0 Å². The number of halogens is 3.